The zero-order valence-electron chi connectivity index (χ0n) is 11.4. The van der Waals surface area contributed by atoms with Crippen molar-refractivity contribution >= 4 is 17.5 Å². The number of anilines is 1. The van der Waals surface area contributed by atoms with Crippen molar-refractivity contribution < 1.29 is 9.59 Å². The summed E-state index contributed by atoms with van der Waals surface area (Å²) in [5, 5.41) is 5.46. The molecule has 2 amide bonds. The first-order chi connectivity index (χ1) is 9.22. The van der Waals surface area contributed by atoms with Crippen molar-refractivity contribution in [2.24, 2.45) is 0 Å². The fourth-order valence-corrected chi connectivity index (χ4v) is 1.79. The van der Waals surface area contributed by atoms with E-state index < -0.39 is 0 Å². The molecule has 19 heavy (non-hydrogen) atoms. The van der Waals surface area contributed by atoms with Crippen LogP contribution >= 0.6 is 0 Å². The van der Waals surface area contributed by atoms with Crippen LogP contribution in [-0.2, 0) is 9.59 Å². The lowest BCUT2D eigenvalue weighted by molar-refractivity contribution is -0.120. The Morgan fingerprint density at radius 3 is 2.05 bits per heavy atom. The van der Waals surface area contributed by atoms with Gasteiger partial charge in [0.2, 0.25) is 11.8 Å². The van der Waals surface area contributed by atoms with E-state index in [2.05, 4.69) is 10.6 Å². The highest BCUT2D eigenvalue weighted by Crippen LogP contribution is 2.09. The molecule has 1 aromatic rings. The van der Waals surface area contributed by atoms with Crippen LogP contribution in [0.25, 0.3) is 0 Å². The lowest BCUT2D eigenvalue weighted by atomic mass is 10.1. The van der Waals surface area contributed by atoms with Gasteiger partial charge in [-0.1, -0.05) is 31.0 Å². The van der Waals surface area contributed by atoms with Gasteiger partial charge in [-0.3, -0.25) is 9.59 Å². The van der Waals surface area contributed by atoms with Gasteiger partial charge in [-0.25, -0.2) is 0 Å². The molecule has 4 nitrogen and oxygen atoms in total. The van der Waals surface area contributed by atoms with Gasteiger partial charge in [0, 0.05) is 25.6 Å². The average molecular weight is 262 g/mol. The smallest absolute Gasteiger partial charge is 0.224 e. The van der Waals surface area contributed by atoms with E-state index in [-0.39, 0.29) is 11.8 Å². The minimum absolute atomic E-state index is 0.0532. The van der Waals surface area contributed by atoms with Crippen LogP contribution in [0.5, 0.6) is 0 Å². The number of amides is 2. The molecule has 1 aromatic carbocycles. The van der Waals surface area contributed by atoms with Gasteiger partial charge in [0.05, 0.1) is 0 Å². The third-order valence-electron chi connectivity index (χ3n) is 2.89. The van der Waals surface area contributed by atoms with Gasteiger partial charge in [0.1, 0.15) is 0 Å². The predicted octanol–water partition coefficient (Wildman–Crippen LogP) is 2.71. The topological polar surface area (TPSA) is 58.2 Å². The molecule has 0 spiro atoms. The molecule has 4 heteroatoms. The van der Waals surface area contributed by atoms with Crippen LogP contribution in [0.4, 0.5) is 5.69 Å². The number of carbonyl (C=O) groups excluding carboxylic acids is 2. The third-order valence-corrected chi connectivity index (χ3v) is 2.89. The predicted molar refractivity (Wildman–Crippen MR) is 76.8 cm³/mol. The Morgan fingerprint density at radius 2 is 1.47 bits per heavy atom. The second kappa shape index (κ2) is 9.14. The van der Waals surface area contributed by atoms with Gasteiger partial charge in [-0.05, 0) is 25.0 Å². The zero-order valence-corrected chi connectivity index (χ0v) is 11.4. The molecule has 1 rings (SSSR count). The van der Waals surface area contributed by atoms with Crippen molar-refractivity contribution in [1.29, 1.82) is 0 Å². The summed E-state index contributed by atoms with van der Waals surface area (Å²) in [5.74, 6) is 0.138. The van der Waals surface area contributed by atoms with Gasteiger partial charge in [0.15, 0.2) is 0 Å². The Kier molecular flexibility index (Phi) is 7.32. The Morgan fingerprint density at radius 1 is 0.895 bits per heavy atom. The molecule has 0 heterocycles. The number of hydrogen-bond donors (Lipinski definition) is 2. The van der Waals surface area contributed by atoms with Crippen LogP contribution in [-0.4, -0.2) is 18.9 Å². The van der Waals surface area contributed by atoms with Crippen molar-refractivity contribution in [2.45, 2.75) is 38.5 Å². The number of carbonyl (C=O) groups is 2. The molecule has 0 saturated carbocycles. The summed E-state index contributed by atoms with van der Waals surface area (Å²) in [7, 11) is 1.65. The van der Waals surface area contributed by atoms with Crippen LogP contribution in [0, 0.1) is 0 Å². The summed E-state index contributed by atoms with van der Waals surface area (Å²) >= 11 is 0. The molecule has 0 aromatic heterocycles. The van der Waals surface area contributed by atoms with Crippen LogP contribution in [0.15, 0.2) is 30.3 Å². The molecule has 0 aliphatic carbocycles. The molecular weight excluding hydrogens is 240 g/mol. The maximum absolute atomic E-state index is 11.6. The SMILES string of the molecule is CNC(=O)CCCCCCC(=O)Nc1ccccc1. The van der Waals surface area contributed by atoms with E-state index in [1.807, 2.05) is 30.3 Å². The van der Waals surface area contributed by atoms with Gasteiger partial charge in [0.25, 0.3) is 0 Å². The molecule has 104 valence electrons. The quantitative estimate of drug-likeness (QED) is 0.708. The molecule has 0 aliphatic rings. The summed E-state index contributed by atoms with van der Waals surface area (Å²) in [6.45, 7) is 0. The highest BCUT2D eigenvalue weighted by molar-refractivity contribution is 5.90. The van der Waals surface area contributed by atoms with Gasteiger partial charge in [-0.15, -0.1) is 0 Å². The Labute approximate surface area is 114 Å². The number of unbranched alkanes of at least 4 members (excludes halogenated alkanes) is 3. The standard InChI is InChI=1S/C15H22N2O2/c1-16-14(18)11-7-2-3-8-12-15(19)17-13-9-5-4-6-10-13/h4-6,9-10H,2-3,7-8,11-12H2,1H3,(H,16,18)(H,17,19). The van der Waals surface area contributed by atoms with E-state index in [0.717, 1.165) is 31.4 Å². The number of para-hydroxylation sites is 1. The van der Waals surface area contributed by atoms with Crippen LogP contribution in [0.3, 0.4) is 0 Å². The van der Waals surface area contributed by atoms with Crippen LogP contribution in [0.2, 0.25) is 0 Å². The van der Waals surface area contributed by atoms with Crippen LogP contribution in [0.1, 0.15) is 38.5 Å². The minimum Gasteiger partial charge on any atom is -0.359 e. The molecule has 0 unspecified atom stereocenters. The number of hydrogen-bond acceptors (Lipinski definition) is 2. The highest BCUT2D eigenvalue weighted by Gasteiger charge is 2.02. The number of nitrogens with one attached hydrogen (secondary N) is 2. The summed E-state index contributed by atoms with van der Waals surface area (Å²) < 4.78 is 0. The van der Waals surface area contributed by atoms with E-state index in [9.17, 15) is 9.59 Å². The zero-order chi connectivity index (χ0) is 13.9. The van der Waals surface area contributed by atoms with Crippen molar-refractivity contribution in [1.82, 2.24) is 5.32 Å². The Bertz CT molecular complexity index is 390. The van der Waals surface area contributed by atoms with Crippen molar-refractivity contribution in [2.75, 3.05) is 12.4 Å². The largest absolute Gasteiger partial charge is 0.359 e. The Balaban J connectivity index is 2.03. The monoisotopic (exact) mass is 262 g/mol. The van der Waals surface area contributed by atoms with Crippen molar-refractivity contribution in [3.8, 4) is 0 Å². The fourth-order valence-electron chi connectivity index (χ4n) is 1.79. The van der Waals surface area contributed by atoms with Crippen molar-refractivity contribution in [3.63, 3.8) is 0 Å². The minimum atomic E-state index is 0.0532. The van der Waals surface area contributed by atoms with E-state index >= 15 is 0 Å². The molecule has 2 N–H and O–H groups in total. The first-order valence-electron chi connectivity index (χ1n) is 6.78. The second-order valence-electron chi connectivity index (χ2n) is 4.50. The van der Waals surface area contributed by atoms with Gasteiger partial charge < -0.3 is 10.6 Å². The average Bonchev–Trinajstić information content (AvgIpc) is 2.43. The molecule has 0 radical (unpaired) electrons. The summed E-state index contributed by atoms with van der Waals surface area (Å²) in [5.41, 5.74) is 0.840. The van der Waals surface area contributed by atoms with Crippen LogP contribution < -0.4 is 10.6 Å². The number of rotatable bonds is 8. The van der Waals surface area contributed by atoms with E-state index in [0.29, 0.717) is 12.8 Å². The molecule has 0 atom stereocenters. The summed E-state index contributed by atoms with van der Waals surface area (Å²) in [6, 6.07) is 9.47. The van der Waals surface area contributed by atoms with Gasteiger partial charge >= 0.3 is 0 Å². The molecular formula is C15H22N2O2. The van der Waals surface area contributed by atoms with E-state index in [4.69, 9.17) is 0 Å². The number of benzene rings is 1. The van der Waals surface area contributed by atoms with E-state index in [1.165, 1.54) is 0 Å². The summed E-state index contributed by atoms with van der Waals surface area (Å²) in [6.07, 6.45) is 4.85. The van der Waals surface area contributed by atoms with E-state index in [1.54, 1.807) is 7.05 Å². The Hall–Kier alpha value is -1.84. The molecule has 0 aliphatic heterocycles. The third kappa shape index (κ3) is 7.24. The molecule has 0 fully saturated rings. The van der Waals surface area contributed by atoms with Crippen molar-refractivity contribution in [3.05, 3.63) is 30.3 Å². The lowest BCUT2D eigenvalue weighted by Gasteiger charge is -2.04. The second-order valence-corrected chi connectivity index (χ2v) is 4.50. The summed E-state index contributed by atoms with van der Waals surface area (Å²) in [4.78, 5) is 22.6. The van der Waals surface area contributed by atoms with Gasteiger partial charge in [-0.2, -0.15) is 0 Å². The molecule has 0 saturated heterocycles. The lowest BCUT2D eigenvalue weighted by Crippen LogP contribution is -2.16. The molecule has 0 bridgehead atoms. The fraction of sp³-hybridized carbons (Fsp3) is 0.467. The highest BCUT2D eigenvalue weighted by atomic mass is 16.2. The maximum atomic E-state index is 11.6. The maximum Gasteiger partial charge on any atom is 0.224 e. The first-order valence-corrected chi connectivity index (χ1v) is 6.78. The first kappa shape index (κ1) is 15.2. The normalized spacial score (nSPS) is 9.95.